The van der Waals surface area contributed by atoms with Gasteiger partial charge in [0, 0.05) is 0 Å². The first kappa shape index (κ1) is 23.5. The monoisotopic (exact) mass is 402 g/mol. The third kappa shape index (κ3) is 5.41. The molecular weight excluding hydrogens is 380 g/mol. The van der Waals surface area contributed by atoms with Crippen molar-refractivity contribution in [3.05, 3.63) is 41.2 Å². The van der Waals surface area contributed by atoms with Gasteiger partial charge in [-0.1, -0.05) is 71.5 Å². The number of hydrogen-bond donors (Lipinski definition) is 1. The van der Waals surface area contributed by atoms with Crippen LogP contribution in [0.15, 0.2) is 18.2 Å². The Balaban J connectivity index is 0. The first-order chi connectivity index (χ1) is 8.19. The summed E-state index contributed by atoms with van der Waals surface area (Å²) >= 11 is 0. The summed E-state index contributed by atoms with van der Waals surface area (Å²) in [6.45, 7) is 13.5. The molecule has 0 fully saturated rings. The molecule has 1 aromatic rings. The van der Waals surface area contributed by atoms with Gasteiger partial charge >= 0.3 is 26.2 Å². The van der Waals surface area contributed by atoms with Gasteiger partial charge in [0.1, 0.15) is 0 Å². The molecule has 0 unspecified atom stereocenters. The van der Waals surface area contributed by atoms with Gasteiger partial charge in [0.05, 0.1) is 0 Å². The van der Waals surface area contributed by atoms with E-state index in [0.29, 0.717) is 0 Å². The zero-order valence-electron chi connectivity index (χ0n) is 13.7. The fourth-order valence-corrected chi connectivity index (χ4v) is 2.22. The number of allylic oxidation sites excluding steroid dienone is 4. The Morgan fingerprint density at radius 3 is 1.95 bits per heavy atom. The Morgan fingerprint density at radius 1 is 1.00 bits per heavy atom. The van der Waals surface area contributed by atoms with Gasteiger partial charge < -0.3 is 29.8 Å². The molecule has 0 atom stereocenters. The summed E-state index contributed by atoms with van der Waals surface area (Å²) in [6.07, 6.45) is 7.58. The molecule has 0 aliphatic heterocycles. The van der Waals surface area contributed by atoms with Gasteiger partial charge in [0.15, 0.2) is 0 Å². The van der Waals surface area contributed by atoms with E-state index < -0.39 is 0 Å². The minimum Gasteiger partial charge on any atom is -1.00 e. The van der Waals surface area contributed by atoms with Crippen LogP contribution >= 0.6 is 0 Å². The predicted octanol–water partition coefficient (Wildman–Crippen LogP) is -1.24. The van der Waals surface area contributed by atoms with Crippen LogP contribution in [0.1, 0.15) is 64.9 Å². The molecule has 4 heteroatoms. The van der Waals surface area contributed by atoms with Crippen molar-refractivity contribution in [3.8, 4) is 0 Å². The van der Waals surface area contributed by atoms with Crippen molar-refractivity contribution < 1.29 is 51.0 Å². The minimum absolute atomic E-state index is 0. The molecule has 2 rings (SSSR count). The number of nitrogens with one attached hydrogen (secondary N) is 1. The molecule has 0 aromatic carbocycles. The van der Waals surface area contributed by atoms with E-state index in [1.807, 2.05) is 0 Å². The first-order valence-corrected chi connectivity index (χ1v) is 6.72. The largest absolute Gasteiger partial charge is 3.00 e. The van der Waals surface area contributed by atoms with E-state index in [1.54, 1.807) is 0 Å². The van der Waals surface area contributed by atoms with Gasteiger partial charge in [-0.2, -0.15) is 11.6 Å². The van der Waals surface area contributed by atoms with E-state index in [2.05, 4.69) is 70.8 Å². The third-order valence-corrected chi connectivity index (χ3v) is 3.34. The summed E-state index contributed by atoms with van der Waals surface area (Å²) in [5.41, 5.74) is 5.41. The van der Waals surface area contributed by atoms with Crippen LogP contribution < -0.4 is 24.8 Å². The topological polar surface area (TPSA) is 15.8 Å². The summed E-state index contributed by atoms with van der Waals surface area (Å²) in [5, 5.41) is 0. The van der Waals surface area contributed by atoms with Crippen molar-refractivity contribution >= 4 is 5.57 Å². The standard InChI is InChI=1S/C17H24N.2ClH.Zr/c1-16(2,3)14-11-13(12-9-7-8-10-12)15(18-14)17(4,5)6;;;/h7-9,18H,10H2,1-6H3;2*1H;/q-1;;;+3/p-2. The van der Waals surface area contributed by atoms with E-state index in [1.165, 1.54) is 22.5 Å². The molecule has 115 valence electrons. The Morgan fingerprint density at radius 2 is 1.57 bits per heavy atom. The summed E-state index contributed by atoms with van der Waals surface area (Å²) < 4.78 is 0. The second kappa shape index (κ2) is 8.18. The molecule has 0 saturated heterocycles. The van der Waals surface area contributed by atoms with Gasteiger partial charge in [0.25, 0.3) is 0 Å². The van der Waals surface area contributed by atoms with E-state index in [9.17, 15) is 0 Å². The van der Waals surface area contributed by atoms with E-state index >= 15 is 0 Å². The summed E-state index contributed by atoms with van der Waals surface area (Å²) in [6, 6.07) is 3.61. The quantitative estimate of drug-likeness (QED) is 0.564. The van der Waals surface area contributed by atoms with Gasteiger partial charge in [-0.25, -0.2) is 0 Å². The molecule has 1 radical (unpaired) electrons. The van der Waals surface area contributed by atoms with Gasteiger partial charge in [-0.15, -0.1) is 11.6 Å². The Hall–Kier alpha value is 0.223. The molecule has 21 heavy (non-hydrogen) atoms. The second-order valence-corrected chi connectivity index (χ2v) is 7.20. The molecule has 1 N–H and O–H groups in total. The van der Waals surface area contributed by atoms with Crippen molar-refractivity contribution in [1.82, 2.24) is 4.98 Å². The maximum atomic E-state index is 3.61. The van der Waals surface area contributed by atoms with Crippen LogP contribution in [0.25, 0.3) is 5.57 Å². The van der Waals surface area contributed by atoms with Crippen LogP contribution in [0.2, 0.25) is 0 Å². The SMILES string of the molecule is CC(C)(C)c1[c-]c(C2=CC=CC2)c(C(C)(C)C)[nH]1.[Cl-].[Cl-].[Zr+3]. The molecule has 0 amide bonds. The number of aromatic nitrogens is 1. The second-order valence-electron chi connectivity index (χ2n) is 7.20. The van der Waals surface area contributed by atoms with Crippen molar-refractivity contribution in [2.24, 2.45) is 0 Å². The van der Waals surface area contributed by atoms with Crippen LogP contribution in [0.5, 0.6) is 0 Å². The summed E-state index contributed by atoms with van der Waals surface area (Å²) in [4.78, 5) is 3.61. The predicted molar refractivity (Wildman–Crippen MR) is 78.8 cm³/mol. The molecule has 0 spiro atoms. The van der Waals surface area contributed by atoms with Crippen molar-refractivity contribution in [3.63, 3.8) is 0 Å². The number of rotatable bonds is 1. The normalized spacial score (nSPS) is 13.9. The maximum absolute atomic E-state index is 3.61. The summed E-state index contributed by atoms with van der Waals surface area (Å²) in [7, 11) is 0. The van der Waals surface area contributed by atoms with Gasteiger partial charge in [0.2, 0.25) is 0 Å². The molecular formula is C17H24Cl2NZr. The van der Waals surface area contributed by atoms with E-state index in [0.717, 1.165) is 6.42 Å². The van der Waals surface area contributed by atoms with Crippen LogP contribution in [0.3, 0.4) is 0 Å². The molecule has 1 aliphatic rings. The maximum Gasteiger partial charge on any atom is 3.00 e. The Labute approximate surface area is 161 Å². The number of hydrogen-bond acceptors (Lipinski definition) is 0. The van der Waals surface area contributed by atoms with Crippen LogP contribution in [0, 0.1) is 6.07 Å². The smallest absolute Gasteiger partial charge is 1.00 e. The van der Waals surface area contributed by atoms with Gasteiger partial charge in [-0.05, 0) is 10.8 Å². The van der Waals surface area contributed by atoms with Crippen molar-refractivity contribution in [2.45, 2.75) is 58.8 Å². The molecule has 1 heterocycles. The Kier molecular flexibility index (Phi) is 9.15. The molecule has 1 aliphatic carbocycles. The molecule has 1 nitrogen and oxygen atoms in total. The Bertz CT molecular complexity index is 514. The number of aromatic amines is 1. The van der Waals surface area contributed by atoms with Crippen LogP contribution in [0.4, 0.5) is 0 Å². The zero-order valence-corrected chi connectivity index (χ0v) is 17.7. The third-order valence-electron chi connectivity index (χ3n) is 3.34. The van der Waals surface area contributed by atoms with Crippen molar-refractivity contribution in [1.29, 1.82) is 0 Å². The van der Waals surface area contributed by atoms with E-state index in [4.69, 9.17) is 0 Å². The number of H-pyrrole nitrogens is 1. The van der Waals surface area contributed by atoms with Crippen LogP contribution in [-0.4, -0.2) is 4.98 Å². The molecule has 0 bridgehead atoms. The first-order valence-electron chi connectivity index (χ1n) is 6.72. The van der Waals surface area contributed by atoms with Gasteiger partial charge in [-0.3, -0.25) is 0 Å². The zero-order chi connectivity index (χ0) is 13.6. The minimum atomic E-state index is 0. The average molecular weight is 405 g/mol. The average Bonchev–Trinajstić information content (AvgIpc) is 2.84. The fourth-order valence-electron chi connectivity index (χ4n) is 2.22. The van der Waals surface area contributed by atoms with Crippen molar-refractivity contribution in [2.75, 3.05) is 0 Å². The van der Waals surface area contributed by atoms with Crippen LogP contribution in [-0.2, 0) is 37.0 Å². The number of halogens is 2. The summed E-state index contributed by atoms with van der Waals surface area (Å²) in [5.74, 6) is 0. The molecule has 0 saturated carbocycles. The fraction of sp³-hybridized carbons (Fsp3) is 0.529. The molecule has 1 aromatic heterocycles. The van der Waals surface area contributed by atoms with E-state index in [-0.39, 0.29) is 61.8 Å².